The van der Waals surface area contributed by atoms with E-state index in [1.807, 2.05) is 33.8 Å². The van der Waals surface area contributed by atoms with E-state index in [-0.39, 0.29) is 6.10 Å². The van der Waals surface area contributed by atoms with Gasteiger partial charge in [-0.25, -0.2) is 0 Å². The van der Waals surface area contributed by atoms with Crippen LogP contribution in [0.3, 0.4) is 0 Å². The molecule has 0 aliphatic rings. The van der Waals surface area contributed by atoms with Gasteiger partial charge in [-0.05, 0) is 52.0 Å². The molecule has 0 fully saturated rings. The molecule has 0 radical (unpaired) electrons. The molecule has 0 N–H and O–H groups in total. The molecule has 0 saturated carbocycles. The van der Waals surface area contributed by atoms with Gasteiger partial charge < -0.3 is 13.8 Å². The zero-order valence-electron chi connectivity index (χ0n) is 12.9. The third-order valence-corrected chi connectivity index (χ3v) is 3.62. The number of aromatic nitrogens is 2. The van der Waals surface area contributed by atoms with E-state index in [0.717, 1.165) is 29.3 Å². The molecule has 110 valence electrons. The first-order valence-electron chi connectivity index (χ1n) is 7.22. The Morgan fingerprint density at radius 1 is 1.24 bits per heavy atom. The summed E-state index contributed by atoms with van der Waals surface area (Å²) >= 11 is 0. The lowest BCUT2D eigenvalue weighted by molar-refractivity contribution is 0.243. The van der Waals surface area contributed by atoms with Crippen molar-refractivity contribution in [3.8, 4) is 5.75 Å². The Morgan fingerprint density at radius 3 is 2.71 bits per heavy atom. The van der Waals surface area contributed by atoms with Crippen LogP contribution in [-0.4, -0.2) is 15.8 Å². The summed E-state index contributed by atoms with van der Waals surface area (Å²) in [4.78, 5) is 0. The van der Waals surface area contributed by atoms with E-state index >= 15 is 0 Å². The van der Waals surface area contributed by atoms with Crippen LogP contribution < -0.4 is 4.74 Å². The highest BCUT2D eigenvalue weighted by molar-refractivity contribution is 5.81. The van der Waals surface area contributed by atoms with Gasteiger partial charge in [-0.2, -0.15) is 0 Å². The van der Waals surface area contributed by atoms with Crippen molar-refractivity contribution >= 4 is 10.9 Å². The molecule has 0 aliphatic heterocycles. The predicted molar refractivity (Wildman–Crippen MR) is 82.8 cm³/mol. The summed E-state index contributed by atoms with van der Waals surface area (Å²) in [6.07, 6.45) is 2.28. The van der Waals surface area contributed by atoms with Gasteiger partial charge in [0.25, 0.3) is 0 Å². The third-order valence-electron chi connectivity index (χ3n) is 3.62. The molecular weight excluding hydrogens is 264 g/mol. The molecule has 3 aromatic rings. The van der Waals surface area contributed by atoms with Crippen molar-refractivity contribution < 1.29 is 9.26 Å². The zero-order valence-corrected chi connectivity index (χ0v) is 12.9. The Bertz CT molecular complexity index is 749. The molecule has 0 aliphatic carbocycles. The SMILES string of the molecule is Cc1noc(C)c1Cn1ccc2cc(OC(C)C)ccc21. The zero-order chi connectivity index (χ0) is 15.0. The van der Waals surface area contributed by atoms with Gasteiger partial charge in [0, 0.05) is 22.7 Å². The fourth-order valence-electron chi connectivity index (χ4n) is 2.56. The summed E-state index contributed by atoms with van der Waals surface area (Å²) in [7, 11) is 0. The summed E-state index contributed by atoms with van der Waals surface area (Å²) in [6, 6.07) is 8.32. The average Bonchev–Trinajstić information content (AvgIpc) is 2.96. The van der Waals surface area contributed by atoms with E-state index in [1.54, 1.807) is 0 Å². The highest BCUT2D eigenvalue weighted by atomic mass is 16.5. The molecule has 21 heavy (non-hydrogen) atoms. The molecule has 3 rings (SSSR count). The minimum absolute atomic E-state index is 0.187. The number of aryl methyl sites for hydroxylation is 2. The van der Waals surface area contributed by atoms with Crippen molar-refractivity contribution in [3.63, 3.8) is 0 Å². The molecule has 1 aromatic carbocycles. The molecule has 0 bridgehead atoms. The standard InChI is InChI=1S/C17H20N2O2/c1-11(2)20-15-5-6-17-14(9-15)7-8-19(17)10-16-12(3)18-21-13(16)4/h5-9,11H,10H2,1-4H3. The van der Waals surface area contributed by atoms with E-state index < -0.39 is 0 Å². The molecular formula is C17H20N2O2. The second-order valence-electron chi connectivity index (χ2n) is 5.63. The number of hydrogen-bond acceptors (Lipinski definition) is 3. The van der Waals surface area contributed by atoms with E-state index in [0.29, 0.717) is 0 Å². The van der Waals surface area contributed by atoms with Crippen LogP contribution in [0.25, 0.3) is 10.9 Å². The highest BCUT2D eigenvalue weighted by Crippen LogP contribution is 2.24. The molecule has 0 unspecified atom stereocenters. The predicted octanol–water partition coefficient (Wildman–Crippen LogP) is 4.08. The number of benzene rings is 1. The Hall–Kier alpha value is -2.23. The van der Waals surface area contributed by atoms with Crippen LogP contribution in [0, 0.1) is 13.8 Å². The second kappa shape index (κ2) is 5.28. The maximum atomic E-state index is 5.74. The molecule has 0 spiro atoms. The molecule has 0 saturated heterocycles. The van der Waals surface area contributed by atoms with Crippen LogP contribution in [0.2, 0.25) is 0 Å². The van der Waals surface area contributed by atoms with Gasteiger partial charge in [0.15, 0.2) is 0 Å². The largest absolute Gasteiger partial charge is 0.491 e. The number of hydrogen-bond donors (Lipinski definition) is 0. The van der Waals surface area contributed by atoms with Crippen molar-refractivity contribution in [1.29, 1.82) is 0 Å². The van der Waals surface area contributed by atoms with Crippen LogP contribution in [-0.2, 0) is 6.54 Å². The van der Waals surface area contributed by atoms with E-state index in [1.165, 1.54) is 10.9 Å². The van der Waals surface area contributed by atoms with Crippen molar-refractivity contribution in [1.82, 2.24) is 9.72 Å². The lowest BCUT2D eigenvalue weighted by Gasteiger charge is -2.10. The van der Waals surface area contributed by atoms with Crippen LogP contribution in [0.15, 0.2) is 35.0 Å². The van der Waals surface area contributed by atoms with Gasteiger partial charge in [-0.1, -0.05) is 5.16 Å². The summed E-state index contributed by atoms with van der Waals surface area (Å²) in [5.74, 6) is 1.79. The average molecular weight is 284 g/mol. The maximum Gasteiger partial charge on any atom is 0.138 e. The van der Waals surface area contributed by atoms with Gasteiger partial charge in [0.2, 0.25) is 0 Å². The molecule has 0 amide bonds. The Labute approximate surface area is 124 Å². The number of nitrogens with zero attached hydrogens (tertiary/aromatic N) is 2. The topological polar surface area (TPSA) is 40.2 Å². The van der Waals surface area contributed by atoms with Crippen molar-refractivity contribution in [3.05, 3.63) is 47.5 Å². The van der Waals surface area contributed by atoms with E-state index in [9.17, 15) is 0 Å². The maximum absolute atomic E-state index is 5.74. The van der Waals surface area contributed by atoms with Gasteiger partial charge in [0.1, 0.15) is 11.5 Å². The van der Waals surface area contributed by atoms with Gasteiger partial charge in [-0.3, -0.25) is 0 Å². The van der Waals surface area contributed by atoms with Crippen LogP contribution in [0.5, 0.6) is 5.75 Å². The summed E-state index contributed by atoms with van der Waals surface area (Å²) in [6.45, 7) is 8.77. The summed E-state index contributed by atoms with van der Waals surface area (Å²) < 4.78 is 13.2. The van der Waals surface area contributed by atoms with Crippen LogP contribution in [0.4, 0.5) is 0 Å². The Kier molecular flexibility index (Phi) is 3.45. The molecule has 4 heteroatoms. The van der Waals surface area contributed by atoms with Gasteiger partial charge in [-0.15, -0.1) is 0 Å². The number of fused-ring (bicyclic) bond motifs is 1. The summed E-state index contributed by atoms with van der Waals surface area (Å²) in [5.41, 5.74) is 3.29. The first-order chi connectivity index (χ1) is 10.0. The monoisotopic (exact) mass is 284 g/mol. The Morgan fingerprint density at radius 2 is 2.05 bits per heavy atom. The minimum atomic E-state index is 0.187. The van der Waals surface area contributed by atoms with Crippen molar-refractivity contribution in [2.75, 3.05) is 0 Å². The molecule has 0 atom stereocenters. The van der Waals surface area contributed by atoms with E-state index in [4.69, 9.17) is 9.26 Å². The normalized spacial score (nSPS) is 11.5. The second-order valence-corrected chi connectivity index (χ2v) is 5.63. The van der Waals surface area contributed by atoms with Gasteiger partial charge >= 0.3 is 0 Å². The van der Waals surface area contributed by atoms with Crippen molar-refractivity contribution in [2.45, 2.75) is 40.3 Å². The summed E-state index contributed by atoms with van der Waals surface area (Å²) in [5, 5.41) is 5.20. The minimum Gasteiger partial charge on any atom is -0.491 e. The lowest BCUT2D eigenvalue weighted by Crippen LogP contribution is -2.05. The number of ether oxygens (including phenoxy) is 1. The molecule has 2 heterocycles. The fourth-order valence-corrected chi connectivity index (χ4v) is 2.56. The van der Waals surface area contributed by atoms with E-state index in [2.05, 4.69) is 34.1 Å². The number of rotatable bonds is 4. The quantitative estimate of drug-likeness (QED) is 0.724. The molecule has 2 aromatic heterocycles. The first-order valence-corrected chi connectivity index (χ1v) is 7.22. The third kappa shape index (κ3) is 2.66. The van der Waals surface area contributed by atoms with Crippen LogP contribution >= 0.6 is 0 Å². The Balaban J connectivity index is 1.94. The highest BCUT2D eigenvalue weighted by Gasteiger charge is 2.11. The first kappa shape index (κ1) is 13.7. The fraction of sp³-hybridized carbons (Fsp3) is 0.353. The lowest BCUT2D eigenvalue weighted by atomic mass is 10.2. The van der Waals surface area contributed by atoms with Crippen molar-refractivity contribution in [2.24, 2.45) is 0 Å². The smallest absolute Gasteiger partial charge is 0.138 e. The van der Waals surface area contributed by atoms with Gasteiger partial charge in [0.05, 0.1) is 18.3 Å². The van der Waals surface area contributed by atoms with Crippen LogP contribution in [0.1, 0.15) is 30.9 Å². The molecule has 4 nitrogen and oxygen atoms in total.